The highest BCUT2D eigenvalue weighted by Gasteiger charge is 2.42. The number of ether oxygens (including phenoxy) is 2. The molecule has 8 heteroatoms. The maximum Gasteiger partial charge on any atom is 0.355 e. The maximum atomic E-state index is 13.1. The Labute approximate surface area is 204 Å². The molecule has 1 atom stereocenters. The van der Waals surface area contributed by atoms with E-state index in [0.29, 0.717) is 11.3 Å². The molecule has 0 bridgehead atoms. The summed E-state index contributed by atoms with van der Waals surface area (Å²) in [6.07, 6.45) is 2.41. The predicted octanol–water partition coefficient (Wildman–Crippen LogP) is 3.18. The zero-order chi connectivity index (χ0) is 24.9. The molecule has 0 aliphatic carbocycles. The van der Waals surface area contributed by atoms with Gasteiger partial charge in [-0.3, -0.25) is 9.80 Å². The first kappa shape index (κ1) is 24.0. The van der Waals surface area contributed by atoms with Crippen molar-refractivity contribution >= 4 is 17.6 Å². The van der Waals surface area contributed by atoms with E-state index < -0.39 is 17.9 Å². The van der Waals surface area contributed by atoms with Crippen LogP contribution in [0.5, 0.6) is 0 Å². The van der Waals surface area contributed by atoms with Gasteiger partial charge >= 0.3 is 11.9 Å². The van der Waals surface area contributed by atoms with Crippen LogP contribution in [0, 0.1) is 11.3 Å². The number of nitrogens with zero attached hydrogens (tertiary/aromatic N) is 3. The summed E-state index contributed by atoms with van der Waals surface area (Å²) in [5, 5.41) is 10.1. The van der Waals surface area contributed by atoms with E-state index in [1.807, 2.05) is 30.3 Å². The number of methoxy groups -OCH3 is 2. The van der Waals surface area contributed by atoms with Gasteiger partial charge in [-0.2, -0.15) is 5.26 Å². The fraction of sp³-hybridized carbons (Fsp3) is 0.296. The Morgan fingerprint density at radius 1 is 1.00 bits per heavy atom. The number of anilines is 1. The third kappa shape index (κ3) is 4.63. The lowest BCUT2D eigenvalue weighted by atomic mass is 9.81. The van der Waals surface area contributed by atoms with Crippen molar-refractivity contribution in [2.75, 3.05) is 32.2 Å². The molecule has 2 aliphatic rings. The number of hydrogen-bond donors (Lipinski definition) is 1. The van der Waals surface area contributed by atoms with E-state index in [1.54, 1.807) is 24.3 Å². The van der Waals surface area contributed by atoms with E-state index in [9.17, 15) is 14.9 Å². The average molecular weight is 473 g/mol. The minimum Gasteiger partial charge on any atom is -0.466 e. The lowest BCUT2D eigenvalue weighted by Crippen LogP contribution is -2.40. The predicted molar refractivity (Wildman–Crippen MR) is 130 cm³/mol. The molecule has 0 radical (unpaired) electrons. The standard InChI is InChI=1S/C27H28N4O4/c1-34-26(32)23-22(19-8-4-3-5-9-19)21(16-28)25(29)31(24(23)27(33)35-2)20-12-10-18(11-13-20)17-30-14-6-7-15-30/h3-5,8-13,22H,6-7,14-15,17,29H2,1-2H3. The van der Waals surface area contributed by atoms with Gasteiger partial charge in [0, 0.05) is 12.2 Å². The molecule has 1 unspecified atom stereocenters. The van der Waals surface area contributed by atoms with E-state index in [-0.39, 0.29) is 22.7 Å². The monoisotopic (exact) mass is 472 g/mol. The lowest BCUT2D eigenvalue weighted by Gasteiger charge is -2.36. The van der Waals surface area contributed by atoms with Crippen molar-refractivity contribution in [2.24, 2.45) is 5.73 Å². The second-order valence-electron chi connectivity index (χ2n) is 8.48. The SMILES string of the molecule is COC(=O)C1=C(C(=O)OC)N(c2ccc(CN3CCCC3)cc2)C(N)=C(C#N)C1c1ccccc1. The molecule has 2 aliphatic heterocycles. The van der Waals surface area contributed by atoms with Crippen molar-refractivity contribution in [1.82, 2.24) is 4.90 Å². The van der Waals surface area contributed by atoms with Crippen LogP contribution in [0.2, 0.25) is 0 Å². The van der Waals surface area contributed by atoms with E-state index in [0.717, 1.165) is 25.2 Å². The van der Waals surface area contributed by atoms with Crippen LogP contribution in [0.1, 0.15) is 29.9 Å². The summed E-state index contributed by atoms with van der Waals surface area (Å²) in [7, 11) is 2.47. The fourth-order valence-electron chi connectivity index (χ4n) is 4.73. The van der Waals surface area contributed by atoms with Crippen molar-refractivity contribution in [2.45, 2.75) is 25.3 Å². The Balaban J connectivity index is 1.86. The molecule has 0 spiro atoms. The third-order valence-electron chi connectivity index (χ3n) is 6.41. The van der Waals surface area contributed by atoms with E-state index in [4.69, 9.17) is 15.2 Å². The number of likely N-dealkylation sites (tertiary alicyclic amines) is 1. The van der Waals surface area contributed by atoms with E-state index >= 15 is 0 Å². The molecular weight excluding hydrogens is 444 g/mol. The number of carbonyl (C=O) groups excluding carboxylic acids is 2. The molecule has 2 N–H and O–H groups in total. The van der Waals surface area contributed by atoms with Crippen molar-refractivity contribution in [1.29, 1.82) is 5.26 Å². The van der Waals surface area contributed by atoms with Gasteiger partial charge in [-0.1, -0.05) is 42.5 Å². The molecule has 4 rings (SSSR count). The summed E-state index contributed by atoms with van der Waals surface area (Å²) < 4.78 is 10.1. The highest BCUT2D eigenvalue weighted by atomic mass is 16.5. The zero-order valence-electron chi connectivity index (χ0n) is 19.9. The number of benzene rings is 2. The number of allylic oxidation sites excluding steroid dienone is 1. The molecule has 180 valence electrons. The van der Waals surface area contributed by atoms with Gasteiger partial charge in [0.15, 0.2) is 0 Å². The summed E-state index contributed by atoms with van der Waals surface area (Å²) in [6, 6.07) is 18.7. The third-order valence-corrected chi connectivity index (χ3v) is 6.41. The Hall–Kier alpha value is -4.09. The fourth-order valence-corrected chi connectivity index (χ4v) is 4.73. The van der Waals surface area contributed by atoms with Crippen LogP contribution in [0.25, 0.3) is 0 Å². The molecule has 8 nitrogen and oxygen atoms in total. The molecule has 2 aromatic rings. The number of rotatable bonds is 6. The molecule has 1 fully saturated rings. The molecule has 0 aromatic heterocycles. The number of hydrogen-bond acceptors (Lipinski definition) is 8. The van der Waals surface area contributed by atoms with Crippen LogP contribution in [0.4, 0.5) is 5.69 Å². The second-order valence-corrected chi connectivity index (χ2v) is 8.48. The smallest absolute Gasteiger partial charge is 0.355 e. The van der Waals surface area contributed by atoms with Crippen LogP contribution in [-0.2, 0) is 25.6 Å². The largest absolute Gasteiger partial charge is 0.466 e. The minimum atomic E-state index is -0.881. The molecule has 2 heterocycles. The Kier molecular flexibility index (Phi) is 7.18. The zero-order valence-corrected chi connectivity index (χ0v) is 19.9. The lowest BCUT2D eigenvalue weighted by molar-refractivity contribution is -0.139. The van der Waals surface area contributed by atoms with Crippen molar-refractivity contribution in [3.05, 3.63) is 88.4 Å². The molecular formula is C27H28N4O4. The summed E-state index contributed by atoms with van der Waals surface area (Å²) in [6.45, 7) is 2.99. The Morgan fingerprint density at radius 2 is 1.63 bits per heavy atom. The van der Waals surface area contributed by atoms with Gasteiger partial charge in [-0.25, -0.2) is 9.59 Å². The van der Waals surface area contributed by atoms with Gasteiger partial charge in [0.2, 0.25) is 0 Å². The Morgan fingerprint density at radius 3 is 2.20 bits per heavy atom. The highest BCUT2D eigenvalue weighted by molar-refractivity contribution is 6.06. The van der Waals surface area contributed by atoms with Crippen molar-refractivity contribution in [3.63, 3.8) is 0 Å². The van der Waals surface area contributed by atoms with Gasteiger partial charge in [-0.15, -0.1) is 0 Å². The van der Waals surface area contributed by atoms with Crippen LogP contribution in [-0.4, -0.2) is 44.1 Å². The Bertz CT molecular complexity index is 1210. The quantitative estimate of drug-likeness (QED) is 0.639. The van der Waals surface area contributed by atoms with Crippen molar-refractivity contribution in [3.8, 4) is 6.07 Å². The summed E-state index contributed by atoms with van der Waals surface area (Å²) in [4.78, 5) is 30.0. The number of carbonyl (C=O) groups is 2. The van der Waals surface area contributed by atoms with E-state index in [2.05, 4.69) is 11.0 Å². The minimum absolute atomic E-state index is 0.00237. The number of esters is 2. The van der Waals surface area contributed by atoms with Gasteiger partial charge in [0.25, 0.3) is 0 Å². The number of nitriles is 1. The van der Waals surface area contributed by atoms with Gasteiger partial charge in [0.05, 0.1) is 37.4 Å². The van der Waals surface area contributed by atoms with Crippen LogP contribution < -0.4 is 10.6 Å². The van der Waals surface area contributed by atoms with Crippen LogP contribution in [0.15, 0.2) is 77.3 Å². The molecule has 2 aromatic carbocycles. The summed E-state index contributed by atoms with van der Waals surface area (Å²) in [5.41, 5.74) is 8.89. The highest BCUT2D eigenvalue weighted by Crippen LogP contribution is 2.43. The second kappa shape index (κ2) is 10.5. The molecule has 1 saturated heterocycles. The van der Waals surface area contributed by atoms with Gasteiger partial charge < -0.3 is 15.2 Å². The van der Waals surface area contributed by atoms with Crippen LogP contribution in [0.3, 0.4) is 0 Å². The first-order chi connectivity index (χ1) is 17.0. The van der Waals surface area contributed by atoms with Crippen molar-refractivity contribution < 1.29 is 19.1 Å². The van der Waals surface area contributed by atoms with Gasteiger partial charge in [-0.05, 0) is 49.2 Å². The van der Waals surface area contributed by atoms with Crippen LogP contribution >= 0.6 is 0 Å². The topological polar surface area (TPSA) is 109 Å². The first-order valence-corrected chi connectivity index (χ1v) is 11.5. The van der Waals surface area contributed by atoms with E-state index in [1.165, 1.54) is 32.0 Å². The number of nitrogens with two attached hydrogens (primary N) is 1. The molecule has 35 heavy (non-hydrogen) atoms. The average Bonchev–Trinajstić information content (AvgIpc) is 3.41. The maximum absolute atomic E-state index is 13.1. The summed E-state index contributed by atoms with van der Waals surface area (Å²) >= 11 is 0. The normalized spacial score (nSPS) is 18.4. The summed E-state index contributed by atoms with van der Waals surface area (Å²) in [5.74, 6) is -2.32. The van der Waals surface area contributed by atoms with Gasteiger partial charge in [0.1, 0.15) is 11.5 Å². The molecule has 0 saturated carbocycles. The first-order valence-electron chi connectivity index (χ1n) is 11.5. The molecule has 0 amide bonds.